The lowest BCUT2D eigenvalue weighted by Crippen LogP contribution is -2.66. The van der Waals surface area contributed by atoms with E-state index in [9.17, 15) is 8.42 Å². The van der Waals surface area contributed by atoms with Crippen molar-refractivity contribution in [3.63, 3.8) is 0 Å². The van der Waals surface area contributed by atoms with Crippen LogP contribution in [-0.4, -0.2) is 19.5 Å². The summed E-state index contributed by atoms with van der Waals surface area (Å²) in [6.45, 7) is 0. The van der Waals surface area contributed by atoms with Crippen molar-refractivity contribution in [2.45, 2.75) is 88.1 Å². The zero-order chi connectivity index (χ0) is 16.9. The van der Waals surface area contributed by atoms with Crippen molar-refractivity contribution >= 4 is 10.2 Å². The van der Waals surface area contributed by atoms with E-state index < -0.39 is 10.2 Å². The van der Waals surface area contributed by atoms with Gasteiger partial charge >= 0.3 is 0 Å². The molecular formula is C20H32N2O2S. The highest BCUT2D eigenvalue weighted by Gasteiger charge is 2.55. The van der Waals surface area contributed by atoms with E-state index in [-0.39, 0.29) is 11.1 Å². The van der Waals surface area contributed by atoms with Gasteiger partial charge in [-0.25, -0.2) is 0 Å². The van der Waals surface area contributed by atoms with Crippen LogP contribution in [0.4, 0.5) is 0 Å². The lowest BCUT2D eigenvalue weighted by atomic mass is 9.53. The smallest absolute Gasteiger partial charge is 0.196 e. The summed E-state index contributed by atoms with van der Waals surface area (Å²) >= 11 is 0. The second-order valence-corrected chi connectivity index (χ2v) is 12.5. The first-order valence-electron chi connectivity index (χ1n) is 10.7. The zero-order valence-corrected chi connectivity index (χ0v) is 16.0. The second-order valence-electron chi connectivity index (χ2n) is 11.1. The molecule has 0 aromatic carbocycles. The summed E-state index contributed by atoms with van der Waals surface area (Å²) in [7, 11) is -3.41. The molecule has 2 N–H and O–H groups in total. The van der Waals surface area contributed by atoms with Crippen molar-refractivity contribution < 1.29 is 8.42 Å². The molecule has 0 aromatic rings. The minimum atomic E-state index is -3.41. The molecule has 8 saturated carbocycles. The summed E-state index contributed by atoms with van der Waals surface area (Å²) in [5.74, 6) is 4.63. The number of nitrogens with one attached hydrogen (secondary N) is 2. The quantitative estimate of drug-likeness (QED) is 0.804. The van der Waals surface area contributed by atoms with Crippen LogP contribution >= 0.6 is 0 Å². The third-order valence-electron chi connectivity index (χ3n) is 8.78. The maximum atomic E-state index is 13.2. The van der Waals surface area contributed by atoms with Crippen molar-refractivity contribution in [1.82, 2.24) is 9.44 Å². The molecule has 0 radical (unpaired) electrons. The largest absolute Gasteiger partial charge is 0.277 e. The maximum Gasteiger partial charge on any atom is 0.277 e. The van der Waals surface area contributed by atoms with Gasteiger partial charge in [-0.1, -0.05) is 0 Å². The molecule has 8 aliphatic carbocycles. The third kappa shape index (κ3) is 2.63. The van der Waals surface area contributed by atoms with E-state index >= 15 is 0 Å². The molecule has 25 heavy (non-hydrogen) atoms. The van der Waals surface area contributed by atoms with Crippen LogP contribution in [0.25, 0.3) is 0 Å². The number of hydrogen-bond donors (Lipinski definition) is 2. The molecule has 0 aliphatic heterocycles. The Morgan fingerprint density at radius 2 is 0.760 bits per heavy atom. The van der Waals surface area contributed by atoms with E-state index in [0.717, 1.165) is 74.0 Å². The molecule has 4 nitrogen and oxygen atoms in total. The van der Waals surface area contributed by atoms with Crippen molar-refractivity contribution in [3.8, 4) is 0 Å². The van der Waals surface area contributed by atoms with Gasteiger partial charge in [0.2, 0.25) is 0 Å². The van der Waals surface area contributed by atoms with Crippen LogP contribution in [0.3, 0.4) is 0 Å². The second kappa shape index (κ2) is 5.02. The van der Waals surface area contributed by atoms with Gasteiger partial charge in [-0.05, 0) is 113 Å². The van der Waals surface area contributed by atoms with Crippen LogP contribution in [-0.2, 0) is 10.2 Å². The average Bonchev–Trinajstić information content (AvgIpc) is 2.40. The molecule has 8 aliphatic rings. The summed E-state index contributed by atoms with van der Waals surface area (Å²) in [5.41, 5.74) is -0.244. The Bertz CT molecular complexity index is 563. The fourth-order valence-electron chi connectivity index (χ4n) is 9.07. The lowest BCUT2D eigenvalue weighted by Gasteiger charge is -2.58. The number of rotatable bonds is 4. The Kier molecular flexibility index (Phi) is 3.19. The molecule has 0 heterocycles. The SMILES string of the molecule is O=S(=O)(NC12CC3CC(CC(C3)C1)C2)NC12CC3CC(CC(C3)C1)C2. The van der Waals surface area contributed by atoms with Crippen LogP contribution in [0.5, 0.6) is 0 Å². The van der Waals surface area contributed by atoms with E-state index in [0.29, 0.717) is 0 Å². The van der Waals surface area contributed by atoms with Gasteiger partial charge in [0.25, 0.3) is 10.2 Å². The highest BCUT2D eigenvalue weighted by molar-refractivity contribution is 7.87. The van der Waals surface area contributed by atoms with Crippen molar-refractivity contribution in [2.24, 2.45) is 35.5 Å². The Hall–Kier alpha value is -0.130. The van der Waals surface area contributed by atoms with Gasteiger partial charge < -0.3 is 0 Å². The van der Waals surface area contributed by atoms with Crippen molar-refractivity contribution in [3.05, 3.63) is 0 Å². The average molecular weight is 365 g/mol. The normalized spacial score (nSPS) is 55.8. The molecule has 0 unspecified atom stereocenters. The van der Waals surface area contributed by atoms with Crippen molar-refractivity contribution in [1.29, 1.82) is 0 Å². The Morgan fingerprint density at radius 1 is 0.520 bits per heavy atom. The summed E-state index contributed by atoms with van der Waals surface area (Å²) in [4.78, 5) is 0. The topological polar surface area (TPSA) is 58.2 Å². The minimum absolute atomic E-state index is 0.122. The Labute approximate surface area is 152 Å². The molecule has 8 fully saturated rings. The summed E-state index contributed by atoms with van der Waals surface area (Å²) < 4.78 is 32.8. The van der Waals surface area contributed by atoms with Gasteiger partial charge in [0.1, 0.15) is 0 Å². The molecule has 0 saturated heterocycles. The third-order valence-corrected chi connectivity index (χ3v) is 10.2. The fraction of sp³-hybridized carbons (Fsp3) is 1.00. The standard InChI is InChI=1S/C20H32N2O2S/c23-25(24,21-19-7-13-1-14(8-19)3-15(2-13)9-19)22-20-10-16-4-17(11-20)6-18(5-16)12-20/h13-18,21-22H,1-12H2. The van der Waals surface area contributed by atoms with E-state index in [1.165, 1.54) is 38.5 Å². The molecule has 8 bridgehead atoms. The van der Waals surface area contributed by atoms with E-state index in [1.807, 2.05) is 0 Å². The molecule has 140 valence electrons. The molecule has 0 spiro atoms. The molecule has 8 rings (SSSR count). The van der Waals surface area contributed by atoms with Gasteiger partial charge in [-0.15, -0.1) is 0 Å². The molecule has 0 amide bonds. The molecule has 0 atom stereocenters. The van der Waals surface area contributed by atoms with Crippen molar-refractivity contribution in [2.75, 3.05) is 0 Å². The summed E-state index contributed by atoms with van der Waals surface area (Å²) in [6, 6.07) is 0. The highest BCUT2D eigenvalue weighted by atomic mass is 32.2. The number of hydrogen-bond acceptors (Lipinski definition) is 2. The van der Waals surface area contributed by atoms with E-state index in [1.54, 1.807) is 0 Å². The van der Waals surface area contributed by atoms with E-state index in [2.05, 4.69) is 9.44 Å². The minimum Gasteiger partial charge on any atom is -0.196 e. The lowest BCUT2D eigenvalue weighted by molar-refractivity contribution is -0.0139. The first kappa shape index (κ1) is 15.9. The van der Waals surface area contributed by atoms with E-state index in [4.69, 9.17) is 0 Å². The fourth-order valence-corrected chi connectivity index (χ4v) is 10.8. The first-order valence-corrected chi connectivity index (χ1v) is 12.2. The zero-order valence-electron chi connectivity index (χ0n) is 15.2. The van der Waals surface area contributed by atoms with Crippen LogP contribution in [0.2, 0.25) is 0 Å². The molecular weight excluding hydrogens is 332 g/mol. The van der Waals surface area contributed by atoms with Gasteiger partial charge in [0.15, 0.2) is 0 Å². The van der Waals surface area contributed by atoms with Gasteiger partial charge in [0, 0.05) is 11.1 Å². The Morgan fingerprint density at radius 3 is 1.00 bits per heavy atom. The first-order chi connectivity index (χ1) is 11.9. The highest BCUT2D eigenvalue weighted by Crippen LogP contribution is 2.57. The van der Waals surface area contributed by atoms with Gasteiger partial charge in [0.05, 0.1) is 0 Å². The van der Waals surface area contributed by atoms with Gasteiger partial charge in [-0.2, -0.15) is 17.9 Å². The predicted octanol–water partition coefficient (Wildman–Crippen LogP) is 3.35. The molecule has 5 heteroatoms. The maximum absolute atomic E-state index is 13.2. The van der Waals surface area contributed by atoms with Crippen LogP contribution in [0.15, 0.2) is 0 Å². The Balaban J connectivity index is 1.22. The monoisotopic (exact) mass is 364 g/mol. The summed E-state index contributed by atoms with van der Waals surface area (Å²) in [5, 5.41) is 0. The summed E-state index contributed by atoms with van der Waals surface area (Å²) in [6.07, 6.45) is 14.6. The van der Waals surface area contributed by atoms with Gasteiger partial charge in [-0.3, -0.25) is 0 Å². The predicted molar refractivity (Wildman–Crippen MR) is 97.0 cm³/mol. The van der Waals surface area contributed by atoms with Crippen LogP contribution in [0.1, 0.15) is 77.0 Å². The van der Waals surface area contributed by atoms with Crippen LogP contribution < -0.4 is 9.44 Å². The molecule has 0 aromatic heterocycles. The van der Waals surface area contributed by atoms with Crippen LogP contribution in [0, 0.1) is 35.5 Å².